The van der Waals surface area contributed by atoms with Crippen molar-refractivity contribution >= 4 is 17.7 Å². The second kappa shape index (κ2) is 5.23. The summed E-state index contributed by atoms with van der Waals surface area (Å²) < 4.78 is 0. The minimum absolute atomic E-state index is 0.118. The summed E-state index contributed by atoms with van der Waals surface area (Å²) in [6.45, 7) is 6.17. The molecule has 0 aliphatic carbocycles. The number of nitrogens with zero attached hydrogens (tertiary/aromatic N) is 1. The first-order valence-corrected chi connectivity index (χ1v) is 7.70. The van der Waals surface area contributed by atoms with Crippen LogP contribution in [0, 0.1) is 0 Å². The zero-order valence-corrected chi connectivity index (χ0v) is 13.1. The Kier molecular flexibility index (Phi) is 3.51. The predicted molar refractivity (Wildman–Crippen MR) is 81.3 cm³/mol. The van der Waals surface area contributed by atoms with Crippen molar-refractivity contribution in [3.05, 3.63) is 34.9 Å². The molecule has 1 saturated heterocycles. The van der Waals surface area contributed by atoms with E-state index >= 15 is 0 Å². The lowest BCUT2D eigenvalue weighted by molar-refractivity contribution is -0.137. The molecule has 1 N–H and O–H groups in total. The van der Waals surface area contributed by atoms with Crippen LogP contribution in [0.15, 0.2) is 18.2 Å². The lowest BCUT2D eigenvalue weighted by atomic mass is 9.96. The van der Waals surface area contributed by atoms with E-state index in [2.05, 4.69) is 25.2 Å². The molecule has 0 spiro atoms. The molecular weight excluding hydrogens is 280 g/mol. The van der Waals surface area contributed by atoms with Crippen LogP contribution in [0.25, 0.3) is 0 Å². The number of rotatable bonds is 2. The molecule has 5 heteroatoms. The van der Waals surface area contributed by atoms with Gasteiger partial charge in [-0.05, 0) is 36.5 Å². The molecule has 116 valence electrons. The molecule has 2 unspecified atom stereocenters. The third-order valence-corrected chi connectivity index (χ3v) is 4.62. The molecule has 1 aromatic carbocycles. The summed E-state index contributed by atoms with van der Waals surface area (Å²) in [5.74, 6) is -0.363. The Morgan fingerprint density at radius 1 is 1.23 bits per heavy atom. The Hall–Kier alpha value is -2.17. The second-order valence-electron chi connectivity index (χ2n) is 6.36. The van der Waals surface area contributed by atoms with Gasteiger partial charge in [0.15, 0.2) is 0 Å². The van der Waals surface area contributed by atoms with Gasteiger partial charge in [-0.25, -0.2) is 0 Å². The van der Waals surface area contributed by atoms with Crippen LogP contribution < -0.4 is 5.32 Å². The van der Waals surface area contributed by atoms with E-state index in [4.69, 9.17) is 0 Å². The van der Waals surface area contributed by atoms with Crippen molar-refractivity contribution in [3.63, 3.8) is 0 Å². The van der Waals surface area contributed by atoms with Crippen molar-refractivity contribution in [3.8, 4) is 0 Å². The number of carbonyl (C=O) groups is 3. The normalized spacial score (nSPS) is 24.7. The largest absolute Gasteiger partial charge is 0.320 e. The highest BCUT2D eigenvalue weighted by molar-refractivity contribution is 6.05. The fourth-order valence-corrected chi connectivity index (χ4v) is 3.30. The van der Waals surface area contributed by atoms with Crippen LogP contribution in [0.4, 0.5) is 0 Å². The van der Waals surface area contributed by atoms with Crippen LogP contribution in [0.1, 0.15) is 67.1 Å². The van der Waals surface area contributed by atoms with Gasteiger partial charge in [0.1, 0.15) is 6.04 Å². The molecule has 5 nitrogen and oxygen atoms in total. The van der Waals surface area contributed by atoms with Gasteiger partial charge < -0.3 is 4.90 Å². The Balaban J connectivity index is 1.94. The van der Waals surface area contributed by atoms with E-state index in [0.29, 0.717) is 17.9 Å². The number of imide groups is 1. The standard InChI is InChI=1S/C17H20N2O3/c1-9(2)11-4-5-12-13(8-11)10(3)19(17(12)22)14-6-7-15(20)18-16(14)21/h4-5,8-10,14H,6-7H2,1-3H3,(H,18,20,21). The summed E-state index contributed by atoms with van der Waals surface area (Å²) in [7, 11) is 0. The maximum Gasteiger partial charge on any atom is 0.255 e. The Morgan fingerprint density at radius 2 is 1.95 bits per heavy atom. The van der Waals surface area contributed by atoms with Crippen LogP contribution >= 0.6 is 0 Å². The molecule has 3 rings (SSSR count). The number of piperidine rings is 1. The Labute approximate surface area is 129 Å². The minimum Gasteiger partial charge on any atom is -0.320 e. The monoisotopic (exact) mass is 300 g/mol. The highest BCUT2D eigenvalue weighted by Crippen LogP contribution is 2.37. The topological polar surface area (TPSA) is 66.5 Å². The van der Waals surface area contributed by atoms with Gasteiger partial charge in [0.2, 0.25) is 11.8 Å². The molecule has 0 radical (unpaired) electrons. The summed E-state index contributed by atoms with van der Waals surface area (Å²) in [6, 6.07) is 5.19. The first kappa shape index (κ1) is 14.8. The van der Waals surface area contributed by atoms with E-state index in [1.54, 1.807) is 4.90 Å². The van der Waals surface area contributed by atoms with Crippen molar-refractivity contribution in [2.75, 3.05) is 0 Å². The van der Waals surface area contributed by atoms with E-state index < -0.39 is 6.04 Å². The smallest absolute Gasteiger partial charge is 0.255 e. The summed E-state index contributed by atoms with van der Waals surface area (Å²) >= 11 is 0. The minimum atomic E-state index is -0.560. The van der Waals surface area contributed by atoms with Gasteiger partial charge in [-0.15, -0.1) is 0 Å². The van der Waals surface area contributed by atoms with E-state index in [1.807, 2.05) is 19.1 Å². The van der Waals surface area contributed by atoms with Crippen molar-refractivity contribution < 1.29 is 14.4 Å². The Morgan fingerprint density at radius 3 is 2.59 bits per heavy atom. The van der Waals surface area contributed by atoms with Crippen molar-refractivity contribution in [1.82, 2.24) is 10.2 Å². The molecule has 0 saturated carbocycles. The summed E-state index contributed by atoms with van der Waals surface area (Å²) in [5, 5.41) is 2.33. The van der Waals surface area contributed by atoms with Crippen LogP contribution in [-0.2, 0) is 9.59 Å². The SMILES string of the molecule is CC(C)c1ccc2c(c1)C(C)N(C1CCC(=O)NC1=O)C2=O. The molecule has 3 amide bonds. The van der Waals surface area contributed by atoms with Crippen LogP contribution in [-0.4, -0.2) is 28.7 Å². The molecule has 2 aliphatic rings. The fraction of sp³-hybridized carbons (Fsp3) is 0.471. The number of hydrogen-bond acceptors (Lipinski definition) is 3. The molecular formula is C17H20N2O3. The number of carbonyl (C=O) groups excluding carboxylic acids is 3. The molecule has 1 fully saturated rings. The lowest BCUT2D eigenvalue weighted by Crippen LogP contribution is -2.53. The molecule has 0 bridgehead atoms. The number of amides is 3. The summed E-state index contributed by atoms with van der Waals surface area (Å²) in [5.41, 5.74) is 2.83. The number of benzene rings is 1. The van der Waals surface area contributed by atoms with E-state index in [0.717, 1.165) is 5.56 Å². The van der Waals surface area contributed by atoms with Gasteiger partial charge in [-0.3, -0.25) is 19.7 Å². The lowest BCUT2D eigenvalue weighted by Gasteiger charge is -2.32. The fourth-order valence-electron chi connectivity index (χ4n) is 3.30. The van der Waals surface area contributed by atoms with Gasteiger partial charge in [0, 0.05) is 12.0 Å². The highest BCUT2D eigenvalue weighted by Gasteiger charge is 2.43. The van der Waals surface area contributed by atoms with Crippen LogP contribution in [0.3, 0.4) is 0 Å². The maximum atomic E-state index is 12.7. The van der Waals surface area contributed by atoms with E-state index in [9.17, 15) is 14.4 Å². The Bertz CT molecular complexity index is 666. The molecule has 0 aromatic heterocycles. The van der Waals surface area contributed by atoms with Crippen molar-refractivity contribution in [1.29, 1.82) is 0 Å². The van der Waals surface area contributed by atoms with Crippen molar-refractivity contribution in [2.45, 2.75) is 51.6 Å². The summed E-state index contributed by atoms with van der Waals surface area (Å²) in [4.78, 5) is 37.7. The zero-order valence-electron chi connectivity index (χ0n) is 13.1. The maximum absolute atomic E-state index is 12.7. The van der Waals surface area contributed by atoms with Gasteiger partial charge in [0.25, 0.3) is 5.91 Å². The predicted octanol–water partition coefficient (Wildman–Crippen LogP) is 2.13. The molecule has 2 atom stereocenters. The van der Waals surface area contributed by atoms with Gasteiger partial charge in [0.05, 0.1) is 6.04 Å². The average molecular weight is 300 g/mol. The summed E-state index contributed by atoms with van der Waals surface area (Å²) in [6.07, 6.45) is 0.673. The zero-order chi connectivity index (χ0) is 16.0. The van der Waals surface area contributed by atoms with E-state index in [-0.39, 0.29) is 30.2 Å². The van der Waals surface area contributed by atoms with Crippen LogP contribution in [0.5, 0.6) is 0 Å². The van der Waals surface area contributed by atoms with Crippen LogP contribution in [0.2, 0.25) is 0 Å². The third kappa shape index (κ3) is 2.21. The van der Waals surface area contributed by atoms with Gasteiger partial charge in [-0.1, -0.05) is 26.0 Å². The second-order valence-corrected chi connectivity index (χ2v) is 6.36. The third-order valence-electron chi connectivity index (χ3n) is 4.62. The number of nitrogens with one attached hydrogen (secondary N) is 1. The van der Waals surface area contributed by atoms with Crippen molar-refractivity contribution in [2.24, 2.45) is 0 Å². The van der Waals surface area contributed by atoms with Gasteiger partial charge in [-0.2, -0.15) is 0 Å². The van der Waals surface area contributed by atoms with E-state index in [1.165, 1.54) is 5.56 Å². The molecule has 2 aliphatic heterocycles. The average Bonchev–Trinajstić information content (AvgIpc) is 2.71. The number of fused-ring (bicyclic) bond motifs is 1. The number of hydrogen-bond donors (Lipinski definition) is 1. The highest BCUT2D eigenvalue weighted by atomic mass is 16.2. The first-order chi connectivity index (χ1) is 10.4. The molecule has 2 heterocycles. The quantitative estimate of drug-likeness (QED) is 0.851. The first-order valence-electron chi connectivity index (χ1n) is 7.70. The van der Waals surface area contributed by atoms with Gasteiger partial charge >= 0.3 is 0 Å². The molecule has 22 heavy (non-hydrogen) atoms. The molecule has 1 aromatic rings.